The number of aromatic nitrogens is 2. The summed E-state index contributed by atoms with van der Waals surface area (Å²) in [6.07, 6.45) is 1.73. The first-order valence-corrected chi connectivity index (χ1v) is 7.34. The molecule has 3 aromatic rings. The molecule has 0 spiro atoms. The molecule has 0 fully saturated rings. The van der Waals surface area contributed by atoms with Crippen LogP contribution < -0.4 is 5.32 Å². The maximum Gasteiger partial charge on any atom is 0.160 e. The van der Waals surface area contributed by atoms with E-state index >= 15 is 0 Å². The molecule has 0 bridgehead atoms. The minimum Gasteiger partial charge on any atom is -0.355 e. The van der Waals surface area contributed by atoms with Gasteiger partial charge in [0.1, 0.15) is 0 Å². The summed E-state index contributed by atoms with van der Waals surface area (Å²) in [7, 11) is 1.86. The molecule has 6 heteroatoms. The van der Waals surface area contributed by atoms with E-state index in [2.05, 4.69) is 26.3 Å². The lowest BCUT2D eigenvalue weighted by atomic mass is 10.1. The van der Waals surface area contributed by atoms with Gasteiger partial charge >= 0.3 is 0 Å². The Bertz CT molecular complexity index is 811. The average Bonchev–Trinajstić information content (AvgIpc) is 2.82. The Labute approximate surface area is 134 Å². The highest BCUT2D eigenvalue weighted by Crippen LogP contribution is 2.30. The van der Waals surface area contributed by atoms with E-state index in [0.29, 0.717) is 5.69 Å². The molecular formula is C16H12BrF2N3. The van der Waals surface area contributed by atoms with Gasteiger partial charge in [-0.3, -0.25) is 4.68 Å². The van der Waals surface area contributed by atoms with Crippen LogP contribution in [0.3, 0.4) is 0 Å². The molecule has 0 aliphatic carbocycles. The molecule has 0 amide bonds. The Morgan fingerprint density at radius 1 is 1.05 bits per heavy atom. The molecule has 0 saturated carbocycles. The van der Waals surface area contributed by atoms with Crippen LogP contribution in [0.5, 0.6) is 0 Å². The predicted molar refractivity (Wildman–Crippen MR) is 86.0 cm³/mol. The zero-order valence-electron chi connectivity index (χ0n) is 11.6. The molecule has 2 aromatic carbocycles. The number of hydrogen-bond acceptors (Lipinski definition) is 2. The smallest absolute Gasteiger partial charge is 0.160 e. The number of nitrogens with zero attached hydrogens (tertiary/aromatic N) is 2. The van der Waals surface area contributed by atoms with Crippen molar-refractivity contribution >= 4 is 27.3 Å². The number of rotatable bonds is 3. The number of benzene rings is 2. The number of halogens is 3. The summed E-state index contributed by atoms with van der Waals surface area (Å²) in [6.45, 7) is 0. The zero-order chi connectivity index (χ0) is 15.7. The molecule has 3 nitrogen and oxygen atoms in total. The van der Waals surface area contributed by atoms with Crippen LogP contribution in [-0.4, -0.2) is 9.78 Å². The number of aryl methyl sites for hydroxylation is 1. The average molecular weight is 364 g/mol. The van der Waals surface area contributed by atoms with Crippen LogP contribution in [0.4, 0.5) is 20.2 Å². The van der Waals surface area contributed by atoms with Crippen molar-refractivity contribution in [1.29, 1.82) is 0 Å². The first-order chi connectivity index (χ1) is 10.5. The maximum absolute atomic E-state index is 13.3. The fourth-order valence-corrected chi connectivity index (χ4v) is 2.80. The summed E-state index contributed by atoms with van der Waals surface area (Å²) in [5.74, 6) is -1.74. The van der Waals surface area contributed by atoms with E-state index in [1.54, 1.807) is 10.9 Å². The fraction of sp³-hybridized carbons (Fsp3) is 0.0625. The lowest BCUT2D eigenvalue weighted by molar-refractivity contribution is 0.509. The Balaban J connectivity index is 1.93. The number of anilines is 2. The first-order valence-electron chi connectivity index (χ1n) is 6.54. The third-order valence-electron chi connectivity index (χ3n) is 3.24. The van der Waals surface area contributed by atoms with Crippen molar-refractivity contribution in [3.8, 4) is 11.3 Å². The van der Waals surface area contributed by atoms with E-state index in [-0.39, 0.29) is 0 Å². The SMILES string of the molecule is Cn1ncc(Br)c1-c1cccc(Nc2ccc(F)c(F)c2)c1. The molecule has 0 aliphatic rings. The number of nitrogens with one attached hydrogen (secondary N) is 1. The third-order valence-corrected chi connectivity index (χ3v) is 3.82. The summed E-state index contributed by atoms with van der Waals surface area (Å²) in [4.78, 5) is 0. The van der Waals surface area contributed by atoms with Gasteiger partial charge in [-0.05, 0) is 40.2 Å². The molecule has 1 N–H and O–H groups in total. The van der Waals surface area contributed by atoms with Crippen molar-refractivity contribution in [2.75, 3.05) is 5.32 Å². The maximum atomic E-state index is 13.3. The Kier molecular flexibility index (Phi) is 3.94. The van der Waals surface area contributed by atoms with Gasteiger partial charge in [-0.2, -0.15) is 5.10 Å². The van der Waals surface area contributed by atoms with Crippen LogP contribution in [0.2, 0.25) is 0 Å². The monoisotopic (exact) mass is 363 g/mol. The highest BCUT2D eigenvalue weighted by molar-refractivity contribution is 9.10. The first kappa shape index (κ1) is 14.7. The van der Waals surface area contributed by atoms with Crippen LogP contribution >= 0.6 is 15.9 Å². The third kappa shape index (κ3) is 2.87. The Morgan fingerprint density at radius 3 is 2.50 bits per heavy atom. The summed E-state index contributed by atoms with van der Waals surface area (Å²) >= 11 is 3.47. The summed E-state index contributed by atoms with van der Waals surface area (Å²) in [6, 6.07) is 11.3. The molecule has 0 saturated heterocycles. The van der Waals surface area contributed by atoms with E-state index in [9.17, 15) is 8.78 Å². The largest absolute Gasteiger partial charge is 0.355 e. The molecule has 0 aliphatic heterocycles. The van der Waals surface area contributed by atoms with Crippen LogP contribution in [0, 0.1) is 11.6 Å². The minimum absolute atomic E-state index is 0.486. The molecule has 1 aromatic heterocycles. The van der Waals surface area contributed by atoms with Gasteiger partial charge in [0.2, 0.25) is 0 Å². The molecular weight excluding hydrogens is 352 g/mol. The van der Waals surface area contributed by atoms with Crippen LogP contribution in [0.25, 0.3) is 11.3 Å². The molecule has 0 radical (unpaired) electrons. The van der Waals surface area contributed by atoms with E-state index in [1.807, 2.05) is 31.3 Å². The van der Waals surface area contributed by atoms with Gasteiger partial charge in [0, 0.05) is 30.1 Å². The van der Waals surface area contributed by atoms with Gasteiger partial charge in [0.15, 0.2) is 11.6 Å². The minimum atomic E-state index is -0.879. The number of hydrogen-bond donors (Lipinski definition) is 1. The van der Waals surface area contributed by atoms with Crippen molar-refractivity contribution in [1.82, 2.24) is 9.78 Å². The normalized spacial score (nSPS) is 10.7. The van der Waals surface area contributed by atoms with Gasteiger partial charge in [-0.25, -0.2) is 8.78 Å². The molecule has 22 heavy (non-hydrogen) atoms. The standard InChI is InChI=1S/C16H12BrF2N3/c1-22-16(13(17)9-20-22)10-3-2-4-11(7-10)21-12-5-6-14(18)15(19)8-12/h2-9,21H,1H3. The highest BCUT2D eigenvalue weighted by Gasteiger charge is 2.09. The Morgan fingerprint density at radius 2 is 1.82 bits per heavy atom. The summed E-state index contributed by atoms with van der Waals surface area (Å²) < 4.78 is 28.9. The molecule has 112 valence electrons. The molecule has 0 unspecified atom stereocenters. The van der Waals surface area contributed by atoms with Gasteiger partial charge < -0.3 is 5.32 Å². The second-order valence-corrected chi connectivity index (χ2v) is 5.65. The fourth-order valence-electron chi connectivity index (χ4n) is 2.22. The second kappa shape index (κ2) is 5.88. The van der Waals surface area contributed by atoms with Crippen molar-refractivity contribution < 1.29 is 8.78 Å². The van der Waals surface area contributed by atoms with E-state index in [1.165, 1.54) is 6.07 Å². The lowest BCUT2D eigenvalue weighted by Gasteiger charge is -2.09. The zero-order valence-corrected chi connectivity index (χ0v) is 13.2. The summed E-state index contributed by atoms with van der Waals surface area (Å²) in [5, 5.41) is 7.25. The topological polar surface area (TPSA) is 29.9 Å². The van der Waals surface area contributed by atoms with E-state index in [0.717, 1.165) is 33.6 Å². The van der Waals surface area contributed by atoms with Gasteiger partial charge in [-0.1, -0.05) is 12.1 Å². The summed E-state index contributed by atoms with van der Waals surface area (Å²) in [5.41, 5.74) is 3.16. The molecule has 1 heterocycles. The van der Waals surface area contributed by atoms with Crippen LogP contribution in [0.1, 0.15) is 0 Å². The predicted octanol–water partition coefficient (Wildman–Crippen LogP) is 4.87. The van der Waals surface area contributed by atoms with E-state index < -0.39 is 11.6 Å². The second-order valence-electron chi connectivity index (χ2n) is 4.80. The molecule has 3 rings (SSSR count). The van der Waals surface area contributed by atoms with Crippen molar-refractivity contribution in [3.05, 3.63) is 64.8 Å². The molecule has 0 atom stereocenters. The quantitative estimate of drug-likeness (QED) is 0.719. The van der Waals surface area contributed by atoms with Crippen molar-refractivity contribution in [3.63, 3.8) is 0 Å². The van der Waals surface area contributed by atoms with Crippen molar-refractivity contribution in [2.45, 2.75) is 0 Å². The van der Waals surface area contributed by atoms with Gasteiger partial charge in [-0.15, -0.1) is 0 Å². The van der Waals surface area contributed by atoms with Gasteiger partial charge in [0.05, 0.1) is 16.4 Å². The van der Waals surface area contributed by atoms with Crippen LogP contribution in [0.15, 0.2) is 53.1 Å². The highest BCUT2D eigenvalue weighted by atomic mass is 79.9. The van der Waals surface area contributed by atoms with Crippen LogP contribution in [-0.2, 0) is 7.05 Å². The lowest BCUT2D eigenvalue weighted by Crippen LogP contribution is -1.96. The van der Waals surface area contributed by atoms with E-state index in [4.69, 9.17) is 0 Å². The van der Waals surface area contributed by atoms with Crippen molar-refractivity contribution in [2.24, 2.45) is 7.05 Å². The van der Waals surface area contributed by atoms with Gasteiger partial charge in [0.25, 0.3) is 0 Å². The Hall–Kier alpha value is -2.21.